The molecule has 1 aliphatic heterocycles. The van der Waals surface area contributed by atoms with E-state index >= 15 is 0 Å². The average Bonchev–Trinajstić information content (AvgIpc) is 2.73. The minimum absolute atomic E-state index is 0.0863. The Labute approximate surface area is 181 Å². The molecule has 0 aromatic rings. The second-order valence-electron chi connectivity index (χ2n) is 7.97. The SMILES string of the molecule is CC[C@@H]1C/C=C(C)/C=C(\C)[C@H](O)[C@@H](CC)/C=C(\C)[C@@H](O)C/C=C/C=C(\CO)C(=O)O1. The summed E-state index contributed by atoms with van der Waals surface area (Å²) < 4.78 is 5.54. The minimum atomic E-state index is -0.685. The molecule has 0 saturated carbocycles. The van der Waals surface area contributed by atoms with Crippen LogP contribution in [0.25, 0.3) is 0 Å². The first-order chi connectivity index (χ1) is 14.2. The summed E-state index contributed by atoms with van der Waals surface area (Å²) in [7, 11) is 0. The molecule has 0 radical (unpaired) electrons. The Hall–Kier alpha value is -1.95. The van der Waals surface area contributed by atoms with Crippen molar-refractivity contribution >= 4 is 5.97 Å². The van der Waals surface area contributed by atoms with Gasteiger partial charge in [-0.3, -0.25) is 0 Å². The van der Waals surface area contributed by atoms with Crippen molar-refractivity contribution in [1.82, 2.24) is 0 Å². The zero-order chi connectivity index (χ0) is 22.7. The number of aliphatic hydroxyl groups is 3. The highest BCUT2D eigenvalue weighted by molar-refractivity contribution is 5.89. The van der Waals surface area contributed by atoms with E-state index in [0.717, 1.165) is 23.1 Å². The lowest BCUT2D eigenvalue weighted by molar-refractivity contribution is -0.144. The molecule has 1 rings (SSSR count). The Balaban J connectivity index is 3.29. The molecule has 0 bridgehead atoms. The van der Waals surface area contributed by atoms with Crippen molar-refractivity contribution < 1.29 is 24.9 Å². The fourth-order valence-electron chi connectivity index (χ4n) is 3.33. The Morgan fingerprint density at radius 2 is 1.77 bits per heavy atom. The summed E-state index contributed by atoms with van der Waals surface area (Å²) in [5.41, 5.74) is 2.81. The summed E-state index contributed by atoms with van der Waals surface area (Å²) in [6.45, 7) is 9.27. The van der Waals surface area contributed by atoms with Gasteiger partial charge < -0.3 is 20.1 Å². The molecule has 0 fully saturated rings. The van der Waals surface area contributed by atoms with Gasteiger partial charge >= 0.3 is 5.97 Å². The van der Waals surface area contributed by atoms with Gasteiger partial charge in [0.1, 0.15) is 6.10 Å². The predicted molar refractivity (Wildman–Crippen MR) is 121 cm³/mol. The molecule has 30 heavy (non-hydrogen) atoms. The molecule has 0 amide bonds. The Bertz CT molecular complexity index is 711. The molecule has 0 unspecified atom stereocenters. The van der Waals surface area contributed by atoms with E-state index in [1.54, 1.807) is 12.2 Å². The number of carbonyl (C=O) groups excluding carboxylic acids is 1. The Morgan fingerprint density at radius 1 is 1.07 bits per heavy atom. The summed E-state index contributed by atoms with van der Waals surface area (Å²) in [6, 6.07) is 0. The molecule has 4 atom stereocenters. The van der Waals surface area contributed by atoms with Gasteiger partial charge in [-0.15, -0.1) is 0 Å². The van der Waals surface area contributed by atoms with E-state index in [9.17, 15) is 20.1 Å². The fraction of sp³-hybridized carbons (Fsp3) is 0.560. The van der Waals surface area contributed by atoms with Crippen molar-refractivity contribution in [2.45, 2.75) is 78.6 Å². The van der Waals surface area contributed by atoms with Gasteiger partial charge in [0.25, 0.3) is 0 Å². The van der Waals surface area contributed by atoms with Gasteiger partial charge in [-0.25, -0.2) is 4.79 Å². The van der Waals surface area contributed by atoms with Crippen LogP contribution in [-0.4, -0.2) is 46.2 Å². The number of allylic oxidation sites excluding steroid dienone is 4. The van der Waals surface area contributed by atoms with E-state index in [-0.39, 0.29) is 17.6 Å². The van der Waals surface area contributed by atoms with Gasteiger partial charge in [0.05, 0.1) is 24.4 Å². The predicted octanol–water partition coefficient (Wildman–Crippen LogP) is 4.16. The summed E-state index contributed by atoms with van der Waals surface area (Å²) in [5, 5.41) is 30.8. The number of hydrogen-bond donors (Lipinski definition) is 3. The third-order valence-electron chi connectivity index (χ3n) is 5.46. The zero-order valence-corrected chi connectivity index (χ0v) is 19.0. The number of ether oxygens (including phenoxy) is 1. The molecule has 0 spiro atoms. The maximum absolute atomic E-state index is 12.4. The lowest BCUT2D eigenvalue weighted by Crippen LogP contribution is -2.21. The molecule has 5 nitrogen and oxygen atoms in total. The van der Waals surface area contributed by atoms with Gasteiger partial charge in [-0.1, -0.05) is 49.8 Å². The summed E-state index contributed by atoms with van der Waals surface area (Å²) in [4.78, 5) is 12.4. The molecular weight excluding hydrogens is 380 g/mol. The van der Waals surface area contributed by atoms with Crippen molar-refractivity contribution in [3.63, 3.8) is 0 Å². The van der Waals surface area contributed by atoms with Gasteiger partial charge in [0.15, 0.2) is 0 Å². The van der Waals surface area contributed by atoms with E-state index in [4.69, 9.17) is 4.74 Å². The van der Waals surface area contributed by atoms with E-state index in [0.29, 0.717) is 19.3 Å². The van der Waals surface area contributed by atoms with Crippen molar-refractivity contribution in [3.8, 4) is 0 Å². The topological polar surface area (TPSA) is 87.0 Å². The lowest BCUT2D eigenvalue weighted by atomic mass is 9.90. The minimum Gasteiger partial charge on any atom is -0.459 e. The van der Waals surface area contributed by atoms with Crippen LogP contribution in [0.4, 0.5) is 0 Å². The monoisotopic (exact) mass is 418 g/mol. The van der Waals surface area contributed by atoms with Gasteiger partial charge in [-0.05, 0) is 57.3 Å². The molecule has 168 valence electrons. The standard InChI is InChI=1S/C25H38O5/c1-6-20-15-18(4)23(27)11-9-8-10-21(16-26)25(29)30-22(7-2)13-12-17(3)14-19(5)24(20)28/h8-10,12,14-15,20,22-24,26-28H,6-7,11,13,16H2,1-5H3/b9-8+,17-12+,18-15+,19-14+,21-10+/t20-,22+,23-,24-/m0/s1. The summed E-state index contributed by atoms with van der Waals surface area (Å²) in [5.74, 6) is -0.623. The van der Waals surface area contributed by atoms with Crippen molar-refractivity contribution in [3.05, 3.63) is 58.7 Å². The number of carbonyl (C=O) groups is 1. The van der Waals surface area contributed by atoms with Crippen LogP contribution < -0.4 is 0 Å². The van der Waals surface area contributed by atoms with Crippen LogP contribution in [0.3, 0.4) is 0 Å². The molecular formula is C25H38O5. The summed E-state index contributed by atoms with van der Waals surface area (Å²) >= 11 is 0. The first-order valence-corrected chi connectivity index (χ1v) is 10.8. The molecule has 0 saturated heterocycles. The highest BCUT2D eigenvalue weighted by Gasteiger charge is 2.19. The number of aliphatic hydroxyl groups excluding tert-OH is 3. The maximum Gasteiger partial charge on any atom is 0.336 e. The zero-order valence-electron chi connectivity index (χ0n) is 19.0. The van der Waals surface area contributed by atoms with Crippen LogP contribution in [0.1, 0.15) is 60.3 Å². The van der Waals surface area contributed by atoms with Crippen LogP contribution in [0.2, 0.25) is 0 Å². The second-order valence-corrected chi connectivity index (χ2v) is 7.97. The van der Waals surface area contributed by atoms with Crippen LogP contribution >= 0.6 is 0 Å². The highest BCUT2D eigenvalue weighted by atomic mass is 16.5. The van der Waals surface area contributed by atoms with Crippen molar-refractivity contribution in [2.75, 3.05) is 6.61 Å². The van der Waals surface area contributed by atoms with Gasteiger partial charge in [0, 0.05) is 12.3 Å². The van der Waals surface area contributed by atoms with E-state index in [1.165, 1.54) is 6.08 Å². The number of esters is 1. The molecule has 0 aromatic heterocycles. The molecule has 1 aliphatic rings. The van der Waals surface area contributed by atoms with Crippen molar-refractivity contribution in [2.24, 2.45) is 5.92 Å². The number of hydrogen-bond acceptors (Lipinski definition) is 5. The van der Waals surface area contributed by atoms with Crippen LogP contribution in [0, 0.1) is 5.92 Å². The highest BCUT2D eigenvalue weighted by Crippen LogP contribution is 2.22. The first kappa shape index (κ1) is 26.1. The number of cyclic esters (lactones) is 1. The third-order valence-corrected chi connectivity index (χ3v) is 5.46. The van der Waals surface area contributed by atoms with Crippen LogP contribution in [0.5, 0.6) is 0 Å². The van der Waals surface area contributed by atoms with Gasteiger partial charge in [0.2, 0.25) is 0 Å². The van der Waals surface area contributed by atoms with E-state index in [1.807, 2.05) is 52.8 Å². The average molecular weight is 419 g/mol. The lowest BCUT2D eigenvalue weighted by Gasteiger charge is -2.22. The van der Waals surface area contributed by atoms with Gasteiger partial charge in [-0.2, -0.15) is 0 Å². The van der Waals surface area contributed by atoms with Crippen molar-refractivity contribution in [1.29, 1.82) is 0 Å². The normalized spacial score (nSPS) is 35.8. The molecule has 1 heterocycles. The van der Waals surface area contributed by atoms with Crippen LogP contribution in [0.15, 0.2) is 58.7 Å². The third kappa shape index (κ3) is 8.42. The summed E-state index contributed by atoms with van der Waals surface area (Å²) in [6.07, 6.45) is 11.5. The molecule has 3 N–H and O–H groups in total. The quantitative estimate of drug-likeness (QED) is 0.473. The second kappa shape index (κ2) is 13.4. The first-order valence-electron chi connectivity index (χ1n) is 10.8. The molecule has 5 heteroatoms. The number of rotatable bonds is 3. The molecule has 0 aromatic carbocycles. The smallest absolute Gasteiger partial charge is 0.336 e. The Morgan fingerprint density at radius 3 is 2.37 bits per heavy atom. The van der Waals surface area contributed by atoms with E-state index < -0.39 is 24.8 Å². The maximum atomic E-state index is 12.4. The largest absolute Gasteiger partial charge is 0.459 e. The Kier molecular flexibility index (Phi) is 11.6. The van der Waals surface area contributed by atoms with E-state index in [2.05, 4.69) is 0 Å². The van der Waals surface area contributed by atoms with Crippen LogP contribution in [-0.2, 0) is 9.53 Å². The fourth-order valence-corrected chi connectivity index (χ4v) is 3.33. The molecule has 0 aliphatic carbocycles.